The first-order valence-electron chi connectivity index (χ1n) is 14.2. The monoisotopic (exact) mass is 785 g/mol. The number of hydrogen-bond donors (Lipinski definition) is 5. The number of rotatable bonds is 25. The number of hydrogen-bond acceptors (Lipinski definition) is 9. The number of carboxylic acid groups (broad SMARTS) is 2. The third-order valence-corrected chi connectivity index (χ3v) is 12.0. The Kier molecular flexibility index (Phi) is 20.3. The molecule has 1 aromatic carbocycles. The largest absolute Gasteiger partial charge is 0.480 e. The zero-order chi connectivity index (χ0) is 35.6. The van der Waals surface area contributed by atoms with Crippen molar-refractivity contribution in [2.24, 2.45) is 5.73 Å². The number of sulfone groups is 1. The van der Waals surface area contributed by atoms with Gasteiger partial charge in [-0.25, -0.2) is 17.8 Å². The molecule has 0 spiro atoms. The van der Waals surface area contributed by atoms with Gasteiger partial charge >= 0.3 is 19.6 Å². The molecule has 0 bridgehead atoms. The highest BCUT2D eigenvalue weighted by Gasteiger charge is 2.41. The highest BCUT2D eigenvalue weighted by Crippen LogP contribution is 2.55. The van der Waals surface area contributed by atoms with Gasteiger partial charge in [-0.1, -0.05) is 30.3 Å². The van der Waals surface area contributed by atoms with E-state index in [9.17, 15) is 32.2 Å². The summed E-state index contributed by atoms with van der Waals surface area (Å²) in [6.45, 7) is -1.36. The lowest BCUT2D eigenvalue weighted by molar-refractivity contribution is -0.139. The first-order valence-corrected chi connectivity index (χ1v) is 19.6. The van der Waals surface area contributed by atoms with Crippen LogP contribution in [0, 0.1) is 0 Å². The van der Waals surface area contributed by atoms with Crippen LogP contribution in [0.15, 0.2) is 30.3 Å². The molecule has 0 aliphatic rings. The van der Waals surface area contributed by atoms with Crippen molar-refractivity contribution in [2.45, 2.75) is 30.2 Å². The topological polar surface area (TPSA) is 226 Å². The van der Waals surface area contributed by atoms with Crippen LogP contribution in [0.5, 0.6) is 0 Å². The molecule has 1 aromatic rings. The molecule has 0 fully saturated rings. The van der Waals surface area contributed by atoms with Gasteiger partial charge in [-0.05, 0) is 12.0 Å². The van der Waals surface area contributed by atoms with E-state index in [-0.39, 0.29) is 61.7 Å². The summed E-state index contributed by atoms with van der Waals surface area (Å²) in [7, 11) is -8.58. The molecule has 3 atom stereocenters. The molecule has 0 aromatic heterocycles. The number of amides is 2. The van der Waals surface area contributed by atoms with Crippen molar-refractivity contribution in [3.8, 4) is 0 Å². The molecule has 21 heteroatoms. The number of aliphatic carboxylic acids is 2. The van der Waals surface area contributed by atoms with Gasteiger partial charge < -0.3 is 31.1 Å². The Labute approximate surface area is 293 Å². The molecule has 1 unspecified atom stereocenters. The molecule has 15 nitrogen and oxygen atoms in total. The van der Waals surface area contributed by atoms with E-state index in [0.29, 0.717) is 0 Å². The molecule has 2 amide bonds. The van der Waals surface area contributed by atoms with Gasteiger partial charge in [0.25, 0.3) is 0 Å². The minimum absolute atomic E-state index is 0.0322. The lowest BCUT2D eigenvalue weighted by Crippen LogP contribution is -2.52. The second-order valence-corrected chi connectivity index (χ2v) is 16.0. The van der Waals surface area contributed by atoms with E-state index in [0.717, 1.165) is 0 Å². The molecule has 0 saturated heterocycles. The van der Waals surface area contributed by atoms with Gasteiger partial charge in [0.05, 0.1) is 12.4 Å². The van der Waals surface area contributed by atoms with Crippen LogP contribution in [0.3, 0.4) is 0 Å². The van der Waals surface area contributed by atoms with Crippen molar-refractivity contribution >= 4 is 87.7 Å². The summed E-state index contributed by atoms with van der Waals surface area (Å²) in [5.41, 5.74) is 5.63. The Morgan fingerprint density at radius 1 is 0.915 bits per heavy atom. The average molecular weight is 787 g/mol. The lowest BCUT2D eigenvalue weighted by atomic mass is 10.1. The van der Waals surface area contributed by atoms with E-state index in [2.05, 4.69) is 5.32 Å². The van der Waals surface area contributed by atoms with E-state index in [1.54, 1.807) is 18.2 Å². The van der Waals surface area contributed by atoms with Crippen LogP contribution in [0.4, 0.5) is 0 Å². The maximum absolute atomic E-state index is 14.6. The molecule has 0 heterocycles. The normalized spacial score (nSPS) is 14.0. The zero-order valence-corrected chi connectivity index (χ0v) is 30.0. The second kappa shape index (κ2) is 22.1. The van der Waals surface area contributed by atoms with Crippen molar-refractivity contribution < 1.29 is 46.9 Å². The Morgan fingerprint density at radius 3 is 1.87 bits per heavy atom. The van der Waals surface area contributed by atoms with Crippen molar-refractivity contribution in [2.75, 3.05) is 68.6 Å². The van der Waals surface area contributed by atoms with Crippen LogP contribution in [-0.2, 0) is 38.1 Å². The smallest absolute Gasteiger partial charge is 0.346 e. The van der Waals surface area contributed by atoms with Gasteiger partial charge in [-0.2, -0.15) is 0 Å². The third-order valence-electron chi connectivity index (χ3n) is 6.55. The maximum atomic E-state index is 14.6. The maximum Gasteiger partial charge on any atom is 0.346 e. The van der Waals surface area contributed by atoms with Crippen LogP contribution in [0.2, 0.25) is 0 Å². The number of carbonyl (C=O) groups is 4. The second-order valence-electron chi connectivity index (χ2n) is 9.89. The number of nitrogens with one attached hydrogen (secondary N) is 2. The molecule has 0 saturated carbocycles. The number of nitrogens with two attached hydrogens (primary N) is 1. The summed E-state index contributed by atoms with van der Waals surface area (Å²) in [4.78, 5) is 47.7. The molecule has 268 valence electrons. The number of nitrogens with zero attached hydrogens (tertiary/aromatic N) is 2. The predicted octanol–water partition coefficient (Wildman–Crippen LogP) is 1.70. The van der Waals surface area contributed by atoms with Gasteiger partial charge in [-0.3, -0.25) is 23.7 Å². The molecule has 0 radical (unpaired) electrons. The predicted molar refractivity (Wildman–Crippen MR) is 180 cm³/mol. The minimum Gasteiger partial charge on any atom is -0.480 e. The molecule has 47 heavy (non-hydrogen) atoms. The zero-order valence-electron chi connectivity index (χ0n) is 25.3. The SMILES string of the molecule is N[C@@H](CCC(=O)N[C@@H](CS(=O)(=O)C(COP(=O)(N(CCCl)CCCl)N(CCCl)CCCl)c1ccccc1)C(=O)NCC(=O)O)C(=O)O. The van der Waals surface area contributed by atoms with Crippen LogP contribution in [0.25, 0.3) is 0 Å². The number of carboxylic acids is 2. The fourth-order valence-electron chi connectivity index (χ4n) is 4.20. The lowest BCUT2D eigenvalue weighted by Gasteiger charge is -2.38. The molecule has 0 aliphatic carbocycles. The summed E-state index contributed by atoms with van der Waals surface area (Å²) in [5.74, 6) is -5.74. The van der Waals surface area contributed by atoms with Crippen molar-refractivity contribution in [3.63, 3.8) is 0 Å². The number of benzene rings is 1. The van der Waals surface area contributed by atoms with Crippen LogP contribution < -0.4 is 16.4 Å². The van der Waals surface area contributed by atoms with E-state index < -0.39 is 83.9 Å². The van der Waals surface area contributed by atoms with Gasteiger partial charge in [0, 0.05) is 56.1 Å². The first kappa shape index (κ1) is 43.3. The summed E-state index contributed by atoms with van der Waals surface area (Å²) < 4.78 is 51.5. The summed E-state index contributed by atoms with van der Waals surface area (Å²) in [6, 6.07) is 4.51. The van der Waals surface area contributed by atoms with Gasteiger partial charge in [0.2, 0.25) is 11.8 Å². The highest BCUT2D eigenvalue weighted by molar-refractivity contribution is 7.91. The fourth-order valence-corrected chi connectivity index (χ4v) is 9.80. The Morgan fingerprint density at radius 2 is 1.43 bits per heavy atom. The standard InChI is InChI=1S/C26H40Cl4N5O10PS/c27-8-12-34(13-9-28)46(42,35(14-10-29)15-11-30)45-17-22(19-4-2-1-3-5-19)47(43,44)18-21(25(39)32-16-24(37)38)33-23(36)7-6-20(31)26(40)41/h1-5,20-22H,6-18,31H2,(H,32,39)(H,33,36)(H,37,38)(H,40,41)/t20-,21-,22?/m0/s1. The van der Waals surface area contributed by atoms with Crippen LogP contribution >= 0.6 is 54.1 Å². The minimum atomic E-state index is -4.50. The van der Waals surface area contributed by atoms with E-state index >= 15 is 0 Å². The van der Waals surface area contributed by atoms with Gasteiger partial charge in [0.15, 0.2) is 9.84 Å². The third kappa shape index (κ3) is 14.7. The molecular formula is C26H40Cl4N5O10PS. The van der Waals surface area contributed by atoms with Crippen LogP contribution in [0.1, 0.15) is 23.7 Å². The first-order chi connectivity index (χ1) is 22.2. The van der Waals surface area contributed by atoms with Crippen molar-refractivity contribution in [3.05, 3.63) is 35.9 Å². The molecule has 6 N–H and O–H groups in total. The van der Waals surface area contributed by atoms with E-state index in [1.807, 2.05) is 5.32 Å². The average Bonchev–Trinajstić information content (AvgIpc) is 3.02. The number of alkyl halides is 4. The Balaban J connectivity index is 3.55. The summed E-state index contributed by atoms with van der Waals surface area (Å²) in [6.07, 6.45) is -0.798. The Hall–Kier alpha value is -1.72. The molecule has 0 aliphatic heterocycles. The van der Waals surface area contributed by atoms with Gasteiger partial charge in [0.1, 0.15) is 23.9 Å². The highest BCUT2D eigenvalue weighted by atomic mass is 35.5. The van der Waals surface area contributed by atoms with Crippen molar-refractivity contribution in [1.29, 1.82) is 0 Å². The Bertz CT molecular complexity index is 1290. The number of carbonyl (C=O) groups excluding carboxylic acids is 2. The van der Waals surface area contributed by atoms with Crippen molar-refractivity contribution in [1.82, 2.24) is 20.0 Å². The fraction of sp³-hybridized carbons (Fsp3) is 0.615. The summed E-state index contributed by atoms with van der Waals surface area (Å²) >= 11 is 23.9. The molecular weight excluding hydrogens is 747 g/mol. The van der Waals surface area contributed by atoms with E-state index in [4.69, 9.17) is 66.9 Å². The van der Waals surface area contributed by atoms with E-state index in [1.165, 1.54) is 21.5 Å². The molecule has 1 rings (SSSR count). The van der Waals surface area contributed by atoms with Crippen LogP contribution in [-0.4, -0.2) is 132 Å². The number of halogens is 4. The van der Waals surface area contributed by atoms with Gasteiger partial charge in [-0.15, -0.1) is 46.4 Å². The summed E-state index contributed by atoms with van der Waals surface area (Å²) in [5, 5.41) is 20.7. The quantitative estimate of drug-likeness (QED) is 0.0704.